The molecule has 0 spiro atoms. The highest BCUT2D eigenvalue weighted by Crippen LogP contribution is 2.15. The van der Waals surface area contributed by atoms with Crippen molar-refractivity contribution in [3.63, 3.8) is 0 Å². The number of nitrogens with zero attached hydrogens (tertiary/aromatic N) is 4. The van der Waals surface area contributed by atoms with Crippen molar-refractivity contribution < 1.29 is 4.79 Å². The number of anilines is 1. The molecular formula is C16H12N6O. The van der Waals surface area contributed by atoms with E-state index in [2.05, 4.69) is 20.8 Å². The topological polar surface area (TPSA) is 114 Å². The Hall–Kier alpha value is -3.71. The highest BCUT2D eigenvalue weighted by molar-refractivity contribution is 6.10. The van der Waals surface area contributed by atoms with Crippen LogP contribution in [0, 0.1) is 22.7 Å². The number of rotatable bonds is 5. The Morgan fingerprint density at radius 3 is 2.57 bits per heavy atom. The lowest BCUT2D eigenvalue weighted by atomic mass is 10.1. The molecule has 0 aliphatic heterocycles. The summed E-state index contributed by atoms with van der Waals surface area (Å²) in [5, 5.41) is 23.7. The van der Waals surface area contributed by atoms with Gasteiger partial charge in [-0.3, -0.25) is 15.2 Å². The SMILES string of the molecule is N#CC(C#N)=NNc1ccccc1C(=O)NCc1ccccn1. The molecule has 0 fully saturated rings. The molecule has 112 valence electrons. The van der Waals surface area contributed by atoms with Gasteiger partial charge in [0.2, 0.25) is 5.71 Å². The number of aromatic nitrogens is 1. The Balaban J connectivity index is 2.10. The minimum Gasteiger partial charge on any atom is -0.346 e. The maximum atomic E-state index is 12.3. The van der Waals surface area contributed by atoms with Gasteiger partial charge >= 0.3 is 0 Å². The molecule has 0 saturated heterocycles. The Labute approximate surface area is 132 Å². The van der Waals surface area contributed by atoms with Gasteiger partial charge in [0.15, 0.2) is 0 Å². The molecule has 1 aromatic heterocycles. The van der Waals surface area contributed by atoms with Crippen LogP contribution in [0.1, 0.15) is 16.1 Å². The first kappa shape index (κ1) is 15.7. The monoisotopic (exact) mass is 304 g/mol. The summed E-state index contributed by atoms with van der Waals surface area (Å²) in [4.78, 5) is 16.4. The molecule has 2 N–H and O–H groups in total. The van der Waals surface area contributed by atoms with E-state index < -0.39 is 0 Å². The van der Waals surface area contributed by atoms with E-state index in [-0.39, 0.29) is 11.6 Å². The van der Waals surface area contributed by atoms with Crippen molar-refractivity contribution in [1.82, 2.24) is 10.3 Å². The molecule has 0 saturated carbocycles. The van der Waals surface area contributed by atoms with Crippen LogP contribution in [0.25, 0.3) is 0 Å². The third kappa shape index (κ3) is 4.38. The molecule has 1 amide bonds. The lowest BCUT2D eigenvalue weighted by molar-refractivity contribution is 0.0951. The second-order valence-corrected chi connectivity index (χ2v) is 4.35. The number of benzene rings is 1. The van der Waals surface area contributed by atoms with E-state index in [1.54, 1.807) is 54.7 Å². The highest BCUT2D eigenvalue weighted by Gasteiger charge is 2.10. The number of amides is 1. The molecular weight excluding hydrogens is 292 g/mol. The van der Waals surface area contributed by atoms with Gasteiger partial charge in [-0.15, -0.1) is 0 Å². The molecule has 1 aromatic carbocycles. The van der Waals surface area contributed by atoms with Crippen LogP contribution in [-0.4, -0.2) is 16.6 Å². The zero-order valence-corrected chi connectivity index (χ0v) is 12.0. The number of carbonyl (C=O) groups is 1. The van der Waals surface area contributed by atoms with Crippen LogP contribution in [0.4, 0.5) is 5.69 Å². The molecule has 7 nitrogen and oxygen atoms in total. The molecule has 2 aromatic rings. The molecule has 7 heteroatoms. The van der Waals surface area contributed by atoms with Crippen molar-refractivity contribution in [2.45, 2.75) is 6.54 Å². The summed E-state index contributed by atoms with van der Waals surface area (Å²) in [7, 11) is 0. The second-order valence-electron chi connectivity index (χ2n) is 4.35. The van der Waals surface area contributed by atoms with Gasteiger partial charge in [0, 0.05) is 6.20 Å². The maximum absolute atomic E-state index is 12.3. The van der Waals surface area contributed by atoms with E-state index in [9.17, 15) is 4.79 Å². The van der Waals surface area contributed by atoms with Gasteiger partial charge in [-0.05, 0) is 24.3 Å². The molecule has 0 aliphatic carbocycles. The average Bonchev–Trinajstić information content (AvgIpc) is 2.62. The van der Waals surface area contributed by atoms with Crippen LogP contribution in [-0.2, 0) is 6.54 Å². The molecule has 1 heterocycles. The maximum Gasteiger partial charge on any atom is 0.253 e. The zero-order valence-electron chi connectivity index (χ0n) is 12.0. The Morgan fingerprint density at radius 2 is 1.87 bits per heavy atom. The van der Waals surface area contributed by atoms with Gasteiger partial charge < -0.3 is 5.32 Å². The standard InChI is InChI=1S/C16H12N6O/c17-9-13(10-18)21-22-15-7-2-1-6-14(15)16(23)20-11-12-5-3-4-8-19-12/h1-8,22H,11H2,(H,20,23). The normalized spacial score (nSPS) is 9.13. The summed E-state index contributed by atoms with van der Waals surface area (Å²) in [6, 6.07) is 15.4. The number of para-hydroxylation sites is 1. The van der Waals surface area contributed by atoms with E-state index in [1.807, 2.05) is 6.07 Å². The van der Waals surface area contributed by atoms with Gasteiger partial charge in [-0.1, -0.05) is 18.2 Å². The third-order valence-corrected chi connectivity index (χ3v) is 2.83. The van der Waals surface area contributed by atoms with Gasteiger partial charge in [-0.25, -0.2) is 0 Å². The van der Waals surface area contributed by atoms with Crippen molar-refractivity contribution in [3.8, 4) is 12.1 Å². The minimum atomic E-state index is -0.325. The van der Waals surface area contributed by atoms with Gasteiger partial charge in [0.25, 0.3) is 5.91 Å². The Kier molecular flexibility index (Phi) is 5.39. The lowest BCUT2D eigenvalue weighted by Gasteiger charge is -2.09. The lowest BCUT2D eigenvalue weighted by Crippen LogP contribution is -2.24. The second kappa shape index (κ2) is 7.91. The van der Waals surface area contributed by atoms with Crippen LogP contribution in [0.2, 0.25) is 0 Å². The third-order valence-electron chi connectivity index (χ3n) is 2.83. The van der Waals surface area contributed by atoms with Crippen LogP contribution in [0.5, 0.6) is 0 Å². The van der Waals surface area contributed by atoms with Crippen molar-refractivity contribution in [2.24, 2.45) is 5.10 Å². The Bertz CT molecular complexity index is 785. The smallest absolute Gasteiger partial charge is 0.253 e. The van der Waals surface area contributed by atoms with Crippen molar-refractivity contribution in [3.05, 3.63) is 59.9 Å². The van der Waals surface area contributed by atoms with Crippen LogP contribution < -0.4 is 10.7 Å². The fraction of sp³-hybridized carbons (Fsp3) is 0.0625. The summed E-state index contributed by atoms with van der Waals surface area (Å²) in [6.07, 6.45) is 1.65. The predicted octanol–water partition coefficient (Wildman–Crippen LogP) is 1.83. The van der Waals surface area contributed by atoms with Crippen LogP contribution in [0.15, 0.2) is 53.8 Å². The first-order valence-corrected chi connectivity index (χ1v) is 6.65. The average molecular weight is 304 g/mol. The Morgan fingerprint density at radius 1 is 1.13 bits per heavy atom. The molecule has 0 atom stereocenters. The van der Waals surface area contributed by atoms with E-state index in [0.717, 1.165) is 5.69 Å². The first-order valence-electron chi connectivity index (χ1n) is 6.65. The minimum absolute atomic E-state index is 0.291. The molecule has 0 unspecified atom stereocenters. The summed E-state index contributed by atoms with van der Waals surface area (Å²) in [5.41, 5.74) is 3.72. The van der Waals surface area contributed by atoms with E-state index in [4.69, 9.17) is 10.5 Å². The number of pyridine rings is 1. The summed E-state index contributed by atoms with van der Waals surface area (Å²) >= 11 is 0. The van der Waals surface area contributed by atoms with E-state index in [0.29, 0.717) is 17.8 Å². The molecule has 0 radical (unpaired) electrons. The van der Waals surface area contributed by atoms with E-state index in [1.165, 1.54) is 0 Å². The van der Waals surface area contributed by atoms with Gasteiger partial charge in [-0.2, -0.15) is 15.6 Å². The number of nitrogens with one attached hydrogen (secondary N) is 2. The summed E-state index contributed by atoms with van der Waals surface area (Å²) in [6.45, 7) is 0.291. The van der Waals surface area contributed by atoms with Crippen molar-refractivity contribution in [2.75, 3.05) is 5.43 Å². The van der Waals surface area contributed by atoms with Crippen LogP contribution in [0.3, 0.4) is 0 Å². The number of carbonyl (C=O) groups excluding carboxylic acids is 1. The van der Waals surface area contributed by atoms with Gasteiger partial charge in [0.05, 0.1) is 23.5 Å². The summed E-state index contributed by atoms with van der Waals surface area (Å²) in [5.74, 6) is -0.315. The van der Waals surface area contributed by atoms with Crippen molar-refractivity contribution in [1.29, 1.82) is 10.5 Å². The fourth-order valence-corrected chi connectivity index (χ4v) is 1.74. The predicted molar refractivity (Wildman–Crippen MR) is 84.1 cm³/mol. The quantitative estimate of drug-likeness (QED) is 0.646. The molecule has 0 bridgehead atoms. The number of nitriles is 2. The zero-order chi connectivity index (χ0) is 16.5. The highest BCUT2D eigenvalue weighted by atomic mass is 16.1. The van der Waals surface area contributed by atoms with Gasteiger partial charge in [0.1, 0.15) is 12.1 Å². The summed E-state index contributed by atoms with van der Waals surface area (Å²) < 4.78 is 0. The largest absolute Gasteiger partial charge is 0.346 e. The molecule has 23 heavy (non-hydrogen) atoms. The van der Waals surface area contributed by atoms with E-state index >= 15 is 0 Å². The number of hydrogen-bond acceptors (Lipinski definition) is 6. The number of hydrogen-bond donors (Lipinski definition) is 2. The van der Waals surface area contributed by atoms with Crippen LogP contribution >= 0.6 is 0 Å². The molecule has 2 rings (SSSR count). The molecule has 0 aliphatic rings. The fourth-order valence-electron chi connectivity index (χ4n) is 1.74. The first-order chi connectivity index (χ1) is 11.2. The number of hydrazone groups is 1. The van der Waals surface area contributed by atoms with Crippen molar-refractivity contribution >= 4 is 17.3 Å².